The summed E-state index contributed by atoms with van der Waals surface area (Å²) >= 11 is 6.98. The molecule has 1 N–H and O–H groups in total. The molecule has 0 bridgehead atoms. The van der Waals surface area contributed by atoms with Crippen LogP contribution in [0.1, 0.15) is 0 Å². The zero-order chi connectivity index (χ0) is 23.7. The van der Waals surface area contributed by atoms with Gasteiger partial charge in [-0.25, -0.2) is 19.2 Å². The van der Waals surface area contributed by atoms with Crippen LogP contribution in [0.25, 0.3) is 22.4 Å². The summed E-state index contributed by atoms with van der Waals surface area (Å²) in [5.41, 5.74) is 0.0280. The van der Waals surface area contributed by atoms with E-state index in [0.29, 0.717) is 16.3 Å². The van der Waals surface area contributed by atoms with Crippen molar-refractivity contribution in [2.24, 2.45) is 14.1 Å². The summed E-state index contributed by atoms with van der Waals surface area (Å²) in [4.78, 5) is 46.7. The maximum Gasteiger partial charge on any atom is 0.332 e. The standard InChI is InChI=1S/C22H17ClFN5O3S/c1-28-19-17(21(31)29(2)22(28)32)20(27-18(26-19)12-6-8-14(24)9-7-12)33-11-16(30)25-15-5-3-4-13(23)10-15/h3-10H,11H2,1-2H3,(H,25,30). The molecule has 0 unspecified atom stereocenters. The average molecular weight is 486 g/mol. The molecule has 0 aliphatic rings. The number of carbonyl (C=O) groups is 1. The molecule has 0 radical (unpaired) electrons. The van der Waals surface area contributed by atoms with Gasteiger partial charge in [0.25, 0.3) is 5.56 Å². The van der Waals surface area contributed by atoms with E-state index in [4.69, 9.17) is 11.6 Å². The molecule has 11 heteroatoms. The van der Waals surface area contributed by atoms with Gasteiger partial charge in [0.15, 0.2) is 11.5 Å². The molecule has 4 rings (SSSR count). The highest BCUT2D eigenvalue weighted by Gasteiger charge is 2.19. The minimum absolute atomic E-state index is 0.0620. The smallest absolute Gasteiger partial charge is 0.325 e. The van der Waals surface area contributed by atoms with Crippen LogP contribution >= 0.6 is 23.4 Å². The summed E-state index contributed by atoms with van der Waals surface area (Å²) in [6, 6.07) is 12.2. The first-order chi connectivity index (χ1) is 15.7. The maximum atomic E-state index is 13.4. The Kier molecular flexibility index (Phi) is 6.30. The highest BCUT2D eigenvalue weighted by Crippen LogP contribution is 2.26. The summed E-state index contributed by atoms with van der Waals surface area (Å²) < 4.78 is 15.6. The van der Waals surface area contributed by atoms with Gasteiger partial charge in [0, 0.05) is 30.4 Å². The van der Waals surface area contributed by atoms with E-state index < -0.39 is 17.1 Å². The van der Waals surface area contributed by atoms with Gasteiger partial charge in [-0.1, -0.05) is 29.4 Å². The number of hydrogen-bond acceptors (Lipinski definition) is 6. The number of rotatable bonds is 5. The number of nitrogens with zero attached hydrogens (tertiary/aromatic N) is 4. The van der Waals surface area contributed by atoms with Gasteiger partial charge in [-0.3, -0.25) is 18.7 Å². The molecule has 0 saturated heterocycles. The number of fused-ring (bicyclic) bond motifs is 1. The first kappa shape index (κ1) is 22.7. The van der Waals surface area contributed by atoms with Gasteiger partial charge in [0.05, 0.1) is 5.75 Å². The second-order valence-corrected chi connectivity index (χ2v) is 8.51. The minimum Gasteiger partial charge on any atom is -0.325 e. The number of thioether (sulfide) groups is 1. The molecule has 0 fully saturated rings. The number of amides is 1. The Morgan fingerprint density at radius 2 is 1.82 bits per heavy atom. The minimum atomic E-state index is -0.573. The number of aryl methyl sites for hydroxylation is 1. The van der Waals surface area contributed by atoms with Crippen molar-refractivity contribution < 1.29 is 9.18 Å². The van der Waals surface area contributed by atoms with Crippen molar-refractivity contribution in [3.63, 3.8) is 0 Å². The largest absolute Gasteiger partial charge is 0.332 e. The van der Waals surface area contributed by atoms with Crippen LogP contribution in [0.15, 0.2) is 63.1 Å². The number of benzene rings is 2. The van der Waals surface area contributed by atoms with E-state index in [9.17, 15) is 18.8 Å². The Morgan fingerprint density at radius 1 is 1.09 bits per heavy atom. The van der Waals surface area contributed by atoms with Gasteiger partial charge in [0.2, 0.25) is 5.91 Å². The van der Waals surface area contributed by atoms with Crippen molar-refractivity contribution in [3.05, 3.63) is 80.2 Å². The summed E-state index contributed by atoms with van der Waals surface area (Å²) in [5, 5.41) is 3.56. The van der Waals surface area contributed by atoms with Crippen molar-refractivity contribution >= 4 is 46.0 Å². The van der Waals surface area contributed by atoms with Gasteiger partial charge in [-0.15, -0.1) is 0 Å². The lowest BCUT2D eigenvalue weighted by Gasteiger charge is -2.12. The predicted octanol–water partition coefficient (Wildman–Crippen LogP) is 3.22. The van der Waals surface area contributed by atoms with E-state index in [1.54, 1.807) is 24.3 Å². The van der Waals surface area contributed by atoms with Crippen LogP contribution in [0, 0.1) is 5.82 Å². The molecule has 2 aromatic heterocycles. The van der Waals surface area contributed by atoms with Crippen molar-refractivity contribution in [1.29, 1.82) is 0 Å². The topological polar surface area (TPSA) is 98.9 Å². The van der Waals surface area contributed by atoms with Crippen LogP contribution in [0.5, 0.6) is 0 Å². The number of nitrogens with one attached hydrogen (secondary N) is 1. The normalized spacial score (nSPS) is 11.0. The van der Waals surface area contributed by atoms with E-state index in [1.165, 1.54) is 42.9 Å². The molecule has 0 atom stereocenters. The third-order valence-corrected chi connectivity index (χ3v) is 6.03. The van der Waals surface area contributed by atoms with Crippen molar-refractivity contribution in [2.75, 3.05) is 11.1 Å². The van der Waals surface area contributed by atoms with E-state index in [2.05, 4.69) is 15.3 Å². The monoisotopic (exact) mass is 485 g/mol. The Balaban J connectivity index is 1.76. The highest BCUT2D eigenvalue weighted by molar-refractivity contribution is 8.00. The lowest BCUT2D eigenvalue weighted by molar-refractivity contribution is -0.113. The number of hydrogen-bond donors (Lipinski definition) is 1. The van der Waals surface area contributed by atoms with Crippen LogP contribution in [0.4, 0.5) is 10.1 Å². The summed E-state index contributed by atoms with van der Waals surface area (Å²) in [5.74, 6) is -0.622. The Morgan fingerprint density at radius 3 is 2.52 bits per heavy atom. The zero-order valence-electron chi connectivity index (χ0n) is 17.5. The first-order valence-corrected chi connectivity index (χ1v) is 11.0. The van der Waals surface area contributed by atoms with Crippen molar-refractivity contribution in [3.8, 4) is 11.4 Å². The first-order valence-electron chi connectivity index (χ1n) is 9.66. The van der Waals surface area contributed by atoms with Crippen LogP contribution in [-0.4, -0.2) is 30.8 Å². The second-order valence-electron chi connectivity index (χ2n) is 7.11. The SMILES string of the molecule is Cn1c(=O)c2c(SCC(=O)Nc3cccc(Cl)c3)nc(-c3ccc(F)cc3)nc2n(C)c1=O. The summed E-state index contributed by atoms with van der Waals surface area (Å²) in [6.45, 7) is 0. The summed E-state index contributed by atoms with van der Waals surface area (Å²) in [6.07, 6.45) is 0. The third-order valence-electron chi connectivity index (χ3n) is 4.82. The van der Waals surface area contributed by atoms with Crippen LogP contribution in [-0.2, 0) is 18.9 Å². The predicted molar refractivity (Wildman–Crippen MR) is 126 cm³/mol. The Bertz CT molecular complexity index is 1500. The molecule has 4 aromatic rings. The molecule has 0 saturated carbocycles. The van der Waals surface area contributed by atoms with E-state index in [-0.39, 0.29) is 33.5 Å². The lowest BCUT2D eigenvalue weighted by atomic mass is 10.2. The van der Waals surface area contributed by atoms with Gasteiger partial charge in [-0.05, 0) is 42.5 Å². The van der Waals surface area contributed by atoms with Gasteiger partial charge >= 0.3 is 5.69 Å². The lowest BCUT2D eigenvalue weighted by Crippen LogP contribution is -2.37. The fourth-order valence-corrected chi connectivity index (χ4v) is 4.16. The Hall–Kier alpha value is -3.50. The fraction of sp³-hybridized carbons (Fsp3) is 0.136. The van der Waals surface area contributed by atoms with Crippen molar-refractivity contribution in [2.45, 2.75) is 5.03 Å². The molecular weight excluding hydrogens is 469 g/mol. The number of anilines is 1. The summed E-state index contributed by atoms with van der Waals surface area (Å²) in [7, 11) is 2.85. The fourth-order valence-electron chi connectivity index (χ4n) is 3.16. The quantitative estimate of drug-likeness (QED) is 0.344. The number of aromatic nitrogens is 4. The van der Waals surface area contributed by atoms with Crippen molar-refractivity contribution in [1.82, 2.24) is 19.1 Å². The van der Waals surface area contributed by atoms with Gasteiger partial charge < -0.3 is 5.32 Å². The molecule has 8 nitrogen and oxygen atoms in total. The molecule has 0 aliphatic carbocycles. The molecule has 33 heavy (non-hydrogen) atoms. The van der Waals surface area contributed by atoms with Crippen LogP contribution < -0.4 is 16.6 Å². The van der Waals surface area contributed by atoms with E-state index >= 15 is 0 Å². The molecule has 168 valence electrons. The zero-order valence-corrected chi connectivity index (χ0v) is 19.1. The van der Waals surface area contributed by atoms with E-state index in [1.807, 2.05) is 0 Å². The van der Waals surface area contributed by atoms with E-state index in [0.717, 1.165) is 16.3 Å². The number of halogens is 2. The highest BCUT2D eigenvalue weighted by atomic mass is 35.5. The molecule has 0 aliphatic heterocycles. The molecule has 2 heterocycles. The molecule has 0 spiro atoms. The van der Waals surface area contributed by atoms with Gasteiger partial charge in [-0.2, -0.15) is 0 Å². The average Bonchev–Trinajstić information content (AvgIpc) is 2.80. The molecule has 1 amide bonds. The maximum absolute atomic E-state index is 13.4. The Labute approximate surface area is 196 Å². The number of carbonyl (C=O) groups excluding carboxylic acids is 1. The second kappa shape index (κ2) is 9.16. The molecule has 2 aromatic carbocycles. The third kappa shape index (κ3) is 4.67. The van der Waals surface area contributed by atoms with Crippen LogP contribution in [0.3, 0.4) is 0 Å². The van der Waals surface area contributed by atoms with Gasteiger partial charge in [0.1, 0.15) is 16.2 Å². The van der Waals surface area contributed by atoms with Crippen LogP contribution in [0.2, 0.25) is 5.02 Å². The molecular formula is C22H17ClFN5O3S.